The molecule has 3 aromatic carbocycles. The Morgan fingerprint density at radius 3 is 1.29 bits per heavy atom. The fraction of sp³-hybridized carbons (Fsp3) is 0.304. The van der Waals surface area contributed by atoms with Crippen molar-refractivity contribution in [3.05, 3.63) is 135 Å². The molecule has 4 nitrogen and oxygen atoms in total. The van der Waals surface area contributed by atoms with E-state index in [1.807, 2.05) is 156 Å². The van der Waals surface area contributed by atoms with Crippen LogP contribution in [0.2, 0.25) is 0 Å². The van der Waals surface area contributed by atoms with Gasteiger partial charge >= 0.3 is 17.8 Å². The van der Waals surface area contributed by atoms with Gasteiger partial charge in [-0.2, -0.15) is 26.3 Å². The van der Waals surface area contributed by atoms with Crippen LogP contribution in [0.3, 0.4) is 0 Å². The van der Waals surface area contributed by atoms with Gasteiger partial charge in [-0.15, -0.1) is 22.7 Å². The lowest BCUT2D eigenvalue weighted by Gasteiger charge is -2.39. The van der Waals surface area contributed by atoms with Crippen molar-refractivity contribution < 1.29 is 26.3 Å². The Morgan fingerprint density at radius 2 is 0.948 bits per heavy atom. The minimum atomic E-state index is -5.69. The molecule has 0 aliphatic heterocycles. The monoisotopic (exact) mass is 830 g/mol. The second kappa shape index (κ2) is 13.9. The number of hydrogen-bond acceptors (Lipinski definition) is 6. The molecule has 0 radical (unpaired) electrons. The number of benzene rings is 3. The van der Waals surface area contributed by atoms with Crippen LogP contribution in [0, 0.1) is 0 Å². The largest absolute Gasteiger partial charge is 0.380 e. The fourth-order valence-corrected chi connectivity index (χ4v) is 11.2. The van der Waals surface area contributed by atoms with Crippen molar-refractivity contribution in [3.63, 3.8) is 0 Å². The van der Waals surface area contributed by atoms with E-state index in [-0.39, 0.29) is 26.9 Å². The molecule has 0 saturated carbocycles. The zero-order valence-corrected chi connectivity index (χ0v) is 35.1. The molecule has 0 saturated heterocycles. The summed E-state index contributed by atoms with van der Waals surface area (Å²) in [5.74, 6) is -16.1. The van der Waals surface area contributed by atoms with E-state index in [4.69, 9.17) is 0 Å². The summed E-state index contributed by atoms with van der Waals surface area (Å²) in [7, 11) is 15.3. The Bertz CT molecular complexity index is 2350. The second-order valence-corrected chi connectivity index (χ2v) is 18.1. The van der Waals surface area contributed by atoms with E-state index >= 15 is 26.3 Å². The van der Waals surface area contributed by atoms with Crippen molar-refractivity contribution in [2.75, 3.05) is 71.1 Å². The van der Waals surface area contributed by atoms with Gasteiger partial charge in [0.15, 0.2) is 0 Å². The Morgan fingerprint density at radius 1 is 0.552 bits per heavy atom. The van der Waals surface area contributed by atoms with Crippen molar-refractivity contribution in [1.82, 2.24) is 4.90 Å². The second-order valence-electron chi connectivity index (χ2n) is 16.0. The number of halogens is 6. The first-order chi connectivity index (χ1) is 27.3. The third-order valence-corrected chi connectivity index (χ3v) is 14.3. The van der Waals surface area contributed by atoms with Crippen LogP contribution in [0.25, 0.3) is 32.0 Å². The summed E-state index contributed by atoms with van der Waals surface area (Å²) in [4.78, 5) is 9.40. The molecule has 8 rings (SSSR count). The van der Waals surface area contributed by atoms with Gasteiger partial charge in [-0.1, -0.05) is 54.6 Å². The molecule has 0 amide bonds. The number of thiophene rings is 2. The minimum Gasteiger partial charge on any atom is -0.378 e. The van der Waals surface area contributed by atoms with E-state index < -0.39 is 34.3 Å². The maximum absolute atomic E-state index is 16.8. The van der Waals surface area contributed by atoms with Crippen LogP contribution in [0.5, 0.6) is 0 Å². The molecule has 12 heteroatoms. The lowest BCUT2D eigenvalue weighted by molar-refractivity contribution is -0.254. The third kappa shape index (κ3) is 5.80. The molecule has 5 aromatic rings. The van der Waals surface area contributed by atoms with Gasteiger partial charge in [0, 0.05) is 107 Å². The molecular formula is C46H44F6N4S2. The molecule has 0 bridgehead atoms. The van der Waals surface area contributed by atoms with Crippen LogP contribution in [-0.4, -0.2) is 85.1 Å². The molecule has 3 aliphatic rings. The molecule has 0 spiro atoms. The first-order valence-corrected chi connectivity index (χ1v) is 20.5. The number of anilines is 3. The van der Waals surface area contributed by atoms with Gasteiger partial charge in [0.05, 0.1) is 5.41 Å². The van der Waals surface area contributed by atoms with Gasteiger partial charge in [-0.3, -0.25) is 0 Å². The van der Waals surface area contributed by atoms with E-state index in [9.17, 15) is 0 Å². The zero-order chi connectivity index (χ0) is 41.7. The average molecular weight is 831 g/mol. The number of likely N-dealkylation sites (N-methyl/N-ethyl adjacent to an activating group) is 1. The summed E-state index contributed by atoms with van der Waals surface area (Å²) in [5, 5.41) is 0. The van der Waals surface area contributed by atoms with Crippen LogP contribution in [0.15, 0.2) is 109 Å². The van der Waals surface area contributed by atoms with Gasteiger partial charge in [-0.05, 0) is 91.3 Å². The van der Waals surface area contributed by atoms with E-state index in [1.54, 1.807) is 0 Å². The topological polar surface area (TPSA) is 13.0 Å². The molecule has 2 aromatic heterocycles. The molecule has 1 unspecified atom stereocenters. The van der Waals surface area contributed by atoms with Crippen molar-refractivity contribution in [2.24, 2.45) is 0 Å². The zero-order valence-electron chi connectivity index (χ0n) is 33.5. The van der Waals surface area contributed by atoms with Crippen LogP contribution >= 0.6 is 22.7 Å². The minimum absolute atomic E-state index is 0.0142. The Labute approximate surface area is 343 Å². The lowest BCUT2D eigenvalue weighted by Crippen LogP contribution is -2.49. The first-order valence-electron chi connectivity index (χ1n) is 18.9. The van der Waals surface area contributed by atoms with Crippen molar-refractivity contribution in [2.45, 2.75) is 35.6 Å². The Balaban J connectivity index is 1.54. The van der Waals surface area contributed by atoms with Gasteiger partial charge in [0.25, 0.3) is 0 Å². The van der Waals surface area contributed by atoms with Crippen LogP contribution in [-0.2, 0) is 5.41 Å². The smallest absolute Gasteiger partial charge is 0.378 e. The number of allylic oxidation sites excluding steroid dienone is 4. The fourth-order valence-electron chi connectivity index (χ4n) is 8.35. The van der Waals surface area contributed by atoms with E-state index in [1.165, 1.54) is 34.8 Å². The predicted molar refractivity (Wildman–Crippen MR) is 230 cm³/mol. The Hall–Kier alpha value is -4.78. The highest BCUT2D eigenvalue weighted by molar-refractivity contribution is 7.18. The molecule has 3 aliphatic carbocycles. The van der Waals surface area contributed by atoms with Crippen LogP contribution in [0.4, 0.5) is 43.4 Å². The van der Waals surface area contributed by atoms with Gasteiger partial charge in [0.2, 0.25) is 0 Å². The molecule has 0 N–H and O–H groups in total. The summed E-state index contributed by atoms with van der Waals surface area (Å²) in [6, 6.07) is 25.4. The maximum atomic E-state index is 16.8. The average Bonchev–Trinajstić information content (AvgIpc) is 3.83. The van der Waals surface area contributed by atoms with Crippen LogP contribution in [0.1, 0.15) is 32.9 Å². The van der Waals surface area contributed by atoms with Gasteiger partial charge in [0.1, 0.15) is 0 Å². The normalized spacial score (nSPS) is 19.6. The number of fused-ring (bicyclic) bond motifs is 4. The van der Waals surface area contributed by atoms with Gasteiger partial charge in [-0.25, -0.2) is 0 Å². The predicted octanol–water partition coefficient (Wildman–Crippen LogP) is 11.6. The van der Waals surface area contributed by atoms with E-state index in [2.05, 4.69) is 11.0 Å². The third-order valence-electron chi connectivity index (χ3n) is 11.7. The molecule has 2 heterocycles. The van der Waals surface area contributed by atoms with Crippen molar-refractivity contribution in [1.29, 1.82) is 0 Å². The highest BCUT2D eigenvalue weighted by Crippen LogP contribution is 2.70. The summed E-state index contributed by atoms with van der Waals surface area (Å²) >= 11 is 2.38. The van der Waals surface area contributed by atoms with Crippen molar-refractivity contribution >= 4 is 50.9 Å². The molecular weight excluding hydrogens is 787 g/mol. The quantitative estimate of drug-likeness (QED) is 0.144. The summed E-state index contributed by atoms with van der Waals surface area (Å²) in [6.45, 7) is 0. The number of hydrogen-bond donors (Lipinski definition) is 0. The highest BCUT2D eigenvalue weighted by Gasteiger charge is 2.81. The molecule has 58 heavy (non-hydrogen) atoms. The summed E-state index contributed by atoms with van der Waals surface area (Å²) in [5.41, 5.74) is 0.592. The summed E-state index contributed by atoms with van der Waals surface area (Å²) in [6.07, 6.45) is 6.60. The first kappa shape index (κ1) is 40.0. The summed E-state index contributed by atoms with van der Waals surface area (Å²) < 4.78 is 98.9. The number of nitrogens with zero attached hydrogens (tertiary/aromatic N) is 4. The molecule has 0 fully saturated rings. The Kier molecular flexibility index (Phi) is 9.60. The maximum Gasteiger partial charge on any atom is 0.380 e. The molecule has 1 atom stereocenters. The van der Waals surface area contributed by atoms with Crippen LogP contribution < -0.4 is 14.7 Å². The number of rotatable bonds is 8. The highest BCUT2D eigenvalue weighted by atomic mass is 32.1. The van der Waals surface area contributed by atoms with Crippen molar-refractivity contribution in [3.8, 4) is 20.9 Å². The standard InChI is InChI=1S/C46H44F6N4S2/c1-53(2)31-17-9-27(10-18-31)37-25-35-39-40(45(49,50)46(51,52)44(39,47)48)36-26-38(28-11-19-32(20-12-28)54(3)4)58-42(36)43(41(35)57-37,29-13-21-33(22-14-29)55(5)6)30-15-23-34(24-16-30)56(7)8/h9-23,25-26,34H,24H2,1-8H3. The van der Waals surface area contributed by atoms with Gasteiger partial charge < -0.3 is 19.6 Å². The number of alkyl halides is 6. The SMILES string of the molecule is CN(C)c1ccc(-c2cc3c(s2)C(C2=CCC(N(C)C)C=C2)(c2ccc(N(C)C)cc2)c2sc(-c4ccc(N(C)C)cc4)cc2C2=C3C(F)(F)C(F)(F)C2(F)F)cc1. The van der Waals surface area contributed by atoms with E-state index in [0.29, 0.717) is 38.4 Å². The lowest BCUT2D eigenvalue weighted by atomic mass is 9.68. The van der Waals surface area contributed by atoms with E-state index in [0.717, 1.165) is 17.1 Å². The molecule has 302 valence electrons.